The van der Waals surface area contributed by atoms with Crippen LogP contribution < -0.4 is 10.1 Å². The number of hydrogen-bond acceptors (Lipinski definition) is 2. The first kappa shape index (κ1) is 15.9. The number of nitrogens with one attached hydrogen (secondary N) is 1. The van der Waals surface area contributed by atoms with Crippen LogP contribution in [0.1, 0.15) is 10.4 Å². The highest BCUT2D eigenvalue weighted by molar-refractivity contribution is 9.11. The Morgan fingerprint density at radius 1 is 1.05 bits per heavy atom. The zero-order chi connectivity index (χ0) is 15.4. The van der Waals surface area contributed by atoms with E-state index in [1.807, 2.05) is 6.07 Å². The van der Waals surface area contributed by atoms with Crippen molar-refractivity contribution in [3.05, 3.63) is 57.0 Å². The van der Waals surface area contributed by atoms with Crippen LogP contribution in [0.2, 0.25) is 0 Å². The Kier molecular flexibility index (Phi) is 5.30. The average molecular weight is 421 g/mol. The molecule has 0 fully saturated rings. The molecular weight excluding hydrogens is 412 g/mol. The summed E-state index contributed by atoms with van der Waals surface area (Å²) in [5.74, 6) is -0.271. The summed E-state index contributed by atoms with van der Waals surface area (Å²) in [7, 11) is 0. The highest BCUT2D eigenvalue weighted by Gasteiger charge is 2.09. The molecule has 0 saturated heterocycles. The minimum absolute atomic E-state index is 0.0354. The Bertz CT molecular complexity index is 628. The monoisotopic (exact) mass is 419 g/mol. The Hall–Kier alpha value is -1.47. The lowest BCUT2D eigenvalue weighted by molar-refractivity contribution is -0.0498. The summed E-state index contributed by atoms with van der Waals surface area (Å²) in [5.41, 5.74) is 0.946. The summed E-state index contributed by atoms with van der Waals surface area (Å²) >= 11 is 6.60. The number of ether oxygens (including phenoxy) is 1. The van der Waals surface area contributed by atoms with Crippen molar-refractivity contribution in [3.8, 4) is 5.75 Å². The summed E-state index contributed by atoms with van der Waals surface area (Å²) < 4.78 is 29.8. The van der Waals surface area contributed by atoms with Gasteiger partial charge in [-0.3, -0.25) is 4.79 Å². The molecule has 0 aliphatic rings. The molecule has 3 nitrogen and oxygen atoms in total. The van der Waals surface area contributed by atoms with E-state index in [4.69, 9.17) is 0 Å². The van der Waals surface area contributed by atoms with Crippen LogP contribution in [0.3, 0.4) is 0 Å². The smallest absolute Gasteiger partial charge is 0.387 e. The minimum Gasteiger partial charge on any atom is -0.435 e. The molecule has 0 bridgehead atoms. The van der Waals surface area contributed by atoms with Crippen LogP contribution in [0.15, 0.2) is 51.4 Å². The molecule has 21 heavy (non-hydrogen) atoms. The third-order valence-corrected chi connectivity index (χ3v) is 3.38. The predicted octanol–water partition coefficient (Wildman–Crippen LogP) is 5.07. The summed E-state index contributed by atoms with van der Waals surface area (Å²) in [4.78, 5) is 12.1. The van der Waals surface area contributed by atoms with Crippen LogP contribution in [-0.2, 0) is 0 Å². The van der Waals surface area contributed by atoms with E-state index in [1.165, 1.54) is 24.3 Å². The van der Waals surface area contributed by atoms with Gasteiger partial charge in [0.05, 0.1) is 0 Å². The normalized spacial score (nSPS) is 10.5. The van der Waals surface area contributed by atoms with E-state index in [2.05, 4.69) is 41.9 Å². The highest BCUT2D eigenvalue weighted by Crippen LogP contribution is 2.22. The standard InChI is InChI=1S/C14H9Br2F2NO2/c15-9-5-8(6-10(16)7-9)13(20)19-11-1-3-12(4-2-11)21-14(17)18/h1-7,14H,(H,19,20). The van der Waals surface area contributed by atoms with Gasteiger partial charge in [0.15, 0.2) is 0 Å². The van der Waals surface area contributed by atoms with Crippen LogP contribution in [0, 0.1) is 0 Å². The van der Waals surface area contributed by atoms with Gasteiger partial charge in [-0.05, 0) is 42.5 Å². The number of alkyl halides is 2. The molecule has 0 spiro atoms. The van der Waals surface area contributed by atoms with Gasteiger partial charge < -0.3 is 10.1 Å². The molecule has 1 amide bonds. The quantitative estimate of drug-likeness (QED) is 0.750. The van der Waals surface area contributed by atoms with Crippen molar-refractivity contribution in [2.45, 2.75) is 6.61 Å². The van der Waals surface area contributed by atoms with Crippen molar-refractivity contribution in [3.63, 3.8) is 0 Å². The second-order valence-electron chi connectivity index (χ2n) is 4.02. The van der Waals surface area contributed by atoms with Crippen LogP contribution in [-0.4, -0.2) is 12.5 Å². The topological polar surface area (TPSA) is 38.3 Å². The molecule has 0 atom stereocenters. The molecule has 0 unspecified atom stereocenters. The lowest BCUT2D eigenvalue weighted by atomic mass is 10.2. The summed E-state index contributed by atoms with van der Waals surface area (Å²) in [6.07, 6.45) is 0. The molecule has 7 heteroatoms. The number of carbonyl (C=O) groups is 1. The third kappa shape index (κ3) is 4.78. The zero-order valence-corrected chi connectivity index (χ0v) is 13.6. The van der Waals surface area contributed by atoms with Crippen molar-refractivity contribution in [1.82, 2.24) is 0 Å². The van der Waals surface area contributed by atoms with E-state index in [0.717, 1.165) is 8.95 Å². The first-order chi connectivity index (χ1) is 9.94. The molecule has 0 heterocycles. The number of amides is 1. The fourth-order valence-electron chi connectivity index (χ4n) is 1.61. The number of carbonyl (C=O) groups excluding carboxylic acids is 1. The van der Waals surface area contributed by atoms with Crippen LogP contribution in [0.4, 0.5) is 14.5 Å². The molecular formula is C14H9Br2F2NO2. The van der Waals surface area contributed by atoms with Crippen molar-refractivity contribution < 1.29 is 18.3 Å². The van der Waals surface area contributed by atoms with E-state index < -0.39 is 6.61 Å². The maximum absolute atomic E-state index is 12.1. The van der Waals surface area contributed by atoms with Gasteiger partial charge in [-0.15, -0.1) is 0 Å². The van der Waals surface area contributed by atoms with Gasteiger partial charge in [0.25, 0.3) is 5.91 Å². The summed E-state index contributed by atoms with van der Waals surface area (Å²) in [6.45, 7) is -2.87. The van der Waals surface area contributed by atoms with Crippen LogP contribution >= 0.6 is 31.9 Å². The molecule has 0 aliphatic carbocycles. The van der Waals surface area contributed by atoms with Gasteiger partial charge in [0.1, 0.15) is 5.75 Å². The maximum Gasteiger partial charge on any atom is 0.387 e. The van der Waals surface area contributed by atoms with Crippen molar-refractivity contribution in [2.75, 3.05) is 5.32 Å². The molecule has 110 valence electrons. The highest BCUT2D eigenvalue weighted by atomic mass is 79.9. The first-order valence-electron chi connectivity index (χ1n) is 5.76. The van der Waals surface area contributed by atoms with Gasteiger partial charge in [0.2, 0.25) is 0 Å². The Morgan fingerprint density at radius 2 is 1.62 bits per heavy atom. The number of rotatable bonds is 4. The van der Waals surface area contributed by atoms with Gasteiger partial charge >= 0.3 is 6.61 Å². The molecule has 2 aromatic carbocycles. The van der Waals surface area contributed by atoms with E-state index >= 15 is 0 Å². The first-order valence-corrected chi connectivity index (χ1v) is 7.35. The van der Waals surface area contributed by atoms with Crippen LogP contribution in [0.25, 0.3) is 0 Å². The molecule has 0 saturated carbocycles. The number of anilines is 1. The number of halogens is 4. The van der Waals surface area contributed by atoms with Gasteiger partial charge in [-0.2, -0.15) is 8.78 Å². The van der Waals surface area contributed by atoms with Crippen molar-refractivity contribution >= 4 is 43.5 Å². The van der Waals surface area contributed by atoms with Gasteiger partial charge in [-0.25, -0.2) is 0 Å². The van der Waals surface area contributed by atoms with E-state index in [-0.39, 0.29) is 11.7 Å². The zero-order valence-electron chi connectivity index (χ0n) is 10.4. The lowest BCUT2D eigenvalue weighted by Crippen LogP contribution is -2.12. The molecule has 1 N–H and O–H groups in total. The fraction of sp³-hybridized carbons (Fsp3) is 0.0714. The van der Waals surface area contributed by atoms with E-state index in [9.17, 15) is 13.6 Å². The second-order valence-corrected chi connectivity index (χ2v) is 5.85. The lowest BCUT2D eigenvalue weighted by Gasteiger charge is -2.08. The molecule has 0 aromatic heterocycles. The number of hydrogen-bond donors (Lipinski definition) is 1. The Labute approximate surface area is 136 Å². The summed E-state index contributed by atoms with van der Waals surface area (Å²) in [6, 6.07) is 10.9. The molecule has 2 aromatic rings. The number of benzene rings is 2. The van der Waals surface area contributed by atoms with Gasteiger partial charge in [0, 0.05) is 20.2 Å². The molecule has 0 aliphatic heterocycles. The molecule has 2 rings (SSSR count). The predicted molar refractivity (Wildman–Crippen MR) is 82.9 cm³/mol. The molecule has 0 radical (unpaired) electrons. The summed E-state index contributed by atoms with van der Waals surface area (Å²) in [5, 5.41) is 2.67. The average Bonchev–Trinajstić information content (AvgIpc) is 2.39. The fourth-order valence-corrected chi connectivity index (χ4v) is 2.90. The third-order valence-electron chi connectivity index (χ3n) is 2.46. The second kappa shape index (κ2) is 7.00. The Balaban J connectivity index is 2.08. The Morgan fingerprint density at radius 3 is 2.14 bits per heavy atom. The van der Waals surface area contributed by atoms with Crippen LogP contribution in [0.5, 0.6) is 5.75 Å². The van der Waals surface area contributed by atoms with E-state index in [0.29, 0.717) is 11.3 Å². The van der Waals surface area contributed by atoms with Crippen molar-refractivity contribution in [2.24, 2.45) is 0 Å². The minimum atomic E-state index is -2.87. The maximum atomic E-state index is 12.1. The SMILES string of the molecule is O=C(Nc1ccc(OC(F)F)cc1)c1cc(Br)cc(Br)c1. The largest absolute Gasteiger partial charge is 0.435 e. The van der Waals surface area contributed by atoms with Crippen molar-refractivity contribution in [1.29, 1.82) is 0 Å². The van der Waals surface area contributed by atoms with E-state index in [1.54, 1.807) is 12.1 Å². The van der Waals surface area contributed by atoms with Gasteiger partial charge in [-0.1, -0.05) is 31.9 Å².